The molecule has 2 nitrogen and oxygen atoms in total. The van der Waals surface area contributed by atoms with E-state index in [1.54, 1.807) is 6.07 Å². The Hall–Kier alpha value is -1.35. The minimum absolute atomic E-state index is 0.159. The molecule has 0 unspecified atom stereocenters. The first-order chi connectivity index (χ1) is 9.24. The topological polar surface area (TPSA) is 27.8 Å². The summed E-state index contributed by atoms with van der Waals surface area (Å²) in [5.74, 6) is 0.288. The van der Waals surface area contributed by atoms with Gasteiger partial charge >= 0.3 is 0 Å². The number of rotatable bonds is 5. The van der Waals surface area contributed by atoms with Crippen LogP contribution >= 0.6 is 0 Å². The number of fused-ring (bicyclic) bond motifs is 1. The number of benzene rings is 1. The molecule has 1 aromatic carbocycles. The second kappa shape index (κ2) is 5.33. The largest absolute Gasteiger partial charge is 0.361 e. The third-order valence-electron chi connectivity index (χ3n) is 4.32. The monoisotopic (exact) mass is 260 g/mol. The van der Waals surface area contributed by atoms with Gasteiger partial charge in [0.25, 0.3) is 0 Å². The summed E-state index contributed by atoms with van der Waals surface area (Å²) in [6, 6.07) is 5.70. The van der Waals surface area contributed by atoms with Crippen molar-refractivity contribution < 1.29 is 4.39 Å². The van der Waals surface area contributed by atoms with Crippen LogP contribution in [0.5, 0.6) is 0 Å². The Morgan fingerprint density at radius 1 is 1.42 bits per heavy atom. The van der Waals surface area contributed by atoms with Crippen LogP contribution in [-0.4, -0.2) is 17.6 Å². The molecule has 3 rings (SSSR count). The highest BCUT2D eigenvalue weighted by molar-refractivity contribution is 5.83. The molecule has 102 valence electrons. The molecule has 2 aromatic rings. The zero-order valence-electron chi connectivity index (χ0n) is 11.4. The summed E-state index contributed by atoms with van der Waals surface area (Å²) in [7, 11) is 0. The maximum absolute atomic E-state index is 13.3. The minimum atomic E-state index is -0.159. The van der Waals surface area contributed by atoms with Crippen LogP contribution in [0, 0.1) is 5.82 Å². The second-order valence-corrected chi connectivity index (χ2v) is 5.71. The lowest BCUT2D eigenvalue weighted by atomic mass is 9.92. The smallest absolute Gasteiger partial charge is 0.123 e. The lowest BCUT2D eigenvalue weighted by Gasteiger charge is -2.27. The fourth-order valence-corrected chi connectivity index (χ4v) is 2.79. The van der Waals surface area contributed by atoms with E-state index < -0.39 is 0 Å². The molecule has 1 atom stereocenters. The van der Waals surface area contributed by atoms with Gasteiger partial charge in [0.2, 0.25) is 0 Å². The molecular weight excluding hydrogens is 239 g/mol. The first kappa shape index (κ1) is 12.7. The van der Waals surface area contributed by atoms with Crippen LogP contribution < -0.4 is 5.32 Å². The van der Waals surface area contributed by atoms with Gasteiger partial charge in [-0.25, -0.2) is 4.39 Å². The van der Waals surface area contributed by atoms with Crippen molar-refractivity contribution in [3.05, 3.63) is 35.8 Å². The lowest BCUT2D eigenvalue weighted by Crippen LogP contribution is -2.35. The van der Waals surface area contributed by atoms with E-state index in [4.69, 9.17) is 0 Å². The predicted molar refractivity (Wildman–Crippen MR) is 76.9 cm³/mol. The van der Waals surface area contributed by atoms with E-state index in [-0.39, 0.29) is 5.82 Å². The molecule has 0 bridgehead atoms. The fourth-order valence-electron chi connectivity index (χ4n) is 2.79. The quantitative estimate of drug-likeness (QED) is 0.837. The number of H-pyrrole nitrogens is 1. The van der Waals surface area contributed by atoms with Crippen LogP contribution in [0.1, 0.15) is 44.1 Å². The zero-order chi connectivity index (χ0) is 13.2. The van der Waals surface area contributed by atoms with Gasteiger partial charge in [0.15, 0.2) is 0 Å². The van der Waals surface area contributed by atoms with E-state index in [1.807, 2.05) is 12.3 Å². The van der Waals surface area contributed by atoms with E-state index in [0.717, 1.165) is 29.9 Å². The summed E-state index contributed by atoms with van der Waals surface area (Å²) in [5, 5.41) is 4.61. The van der Waals surface area contributed by atoms with Gasteiger partial charge in [-0.2, -0.15) is 0 Å². The van der Waals surface area contributed by atoms with Crippen molar-refractivity contribution in [1.82, 2.24) is 10.3 Å². The Morgan fingerprint density at radius 3 is 3.00 bits per heavy atom. The molecule has 1 aromatic heterocycles. The van der Waals surface area contributed by atoms with E-state index in [0.29, 0.717) is 5.92 Å². The maximum atomic E-state index is 13.3. The maximum Gasteiger partial charge on any atom is 0.123 e. The molecular formula is C16H21FN2. The number of aromatic amines is 1. The molecule has 0 saturated heterocycles. The van der Waals surface area contributed by atoms with Crippen LogP contribution in [0.25, 0.3) is 10.9 Å². The Labute approximate surface area is 113 Å². The van der Waals surface area contributed by atoms with Gasteiger partial charge in [-0.05, 0) is 55.5 Å². The molecule has 0 radical (unpaired) electrons. The zero-order valence-corrected chi connectivity index (χ0v) is 11.4. The molecule has 2 N–H and O–H groups in total. The Morgan fingerprint density at radius 2 is 2.26 bits per heavy atom. The van der Waals surface area contributed by atoms with Crippen LogP contribution in [0.3, 0.4) is 0 Å². The summed E-state index contributed by atoms with van der Waals surface area (Å²) >= 11 is 0. The van der Waals surface area contributed by atoms with Crippen molar-refractivity contribution in [2.24, 2.45) is 0 Å². The fraction of sp³-hybridized carbons (Fsp3) is 0.500. The normalized spacial score (nSPS) is 17.6. The first-order valence-corrected chi connectivity index (χ1v) is 7.24. The SMILES string of the molecule is C[C@H](CCNC1CCC1)c1c[nH]c2ccc(F)cc12. The molecule has 0 spiro atoms. The summed E-state index contributed by atoms with van der Waals surface area (Å²) in [5.41, 5.74) is 2.25. The van der Waals surface area contributed by atoms with Gasteiger partial charge < -0.3 is 10.3 Å². The van der Waals surface area contributed by atoms with Gasteiger partial charge in [0, 0.05) is 23.1 Å². The van der Waals surface area contributed by atoms with Gasteiger partial charge in [0.05, 0.1) is 0 Å². The number of aromatic nitrogens is 1. The molecule has 0 aliphatic heterocycles. The van der Waals surface area contributed by atoms with Crippen molar-refractivity contribution in [3.63, 3.8) is 0 Å². The molecule has 1 aliphatic rings. The minimum Gasteiger partial charge on any atom is -0.361 e. The molecule has 1 heterocycles. The summed E-state index contributed by atoms with van der Waals surface area (Å²) in [4.78, 5) is 3.23. The number of hydrogen-bond acceptors (Lipinski definition) is 1. The highest BCUT2D eigenvalue weighted by Crippen LogP contribution is 2.28. The van der Waals surface area contributed by atoms with Crippen molar-refractivity contribution in [2.45, 2.75) is 44.6 Å². The third-order valence-corrected chi connectivity index (χ3v) is 4.32. The molecule has 0 amide bonds. The van der Waals surface area contributed by atoms with Crippen molar-refractivity contribution in [2.75, 3.05) is 6.54 Å². The van der Waals surface area contributed by atoms with Crippen molar-refractivity contribution in [1.29, 1.82) is 0 Å². The second-order valence-electron chi connectivity index (χ2n) is 5.71. The number of halogens is 1. The van der Waals surface area contributed by atoms with Gasteiger partial charge in [-0.3, -0.25) is 0 Å². The van der Waals surface area contributed by atoms with E-state index >= 15 is 0 Å². The van der Waals surface area contributed by atoms with Gasteiger partial charge in [0.1, 0.15) is 5.82 Å². The Kier molecular flexibility index (Phi) is 3.56. The number of hydrogen-bond donors (Lipinski definition) is 2. The molecule has 1 aliphatic carbocycles. The Balaban J connectivity index is 1.66. The third kappa shape index (κ3) is 2.66. The molecule has 19 heavy (non-hydrogen) atoms. The van der Waals surface area contributed by atoms with Gasteiger partial charge in [-0.15, -0.1) is 0 Å². The summed E-state index contributed by atoms with van der Waals surface area (Å²) in [6.45, 7) is 3.27. The molecule has 3 heteroatoms. The predicted octanol–water partition coefficient (Wildman–Crippen LogP) is 3.94. The highest BCUT2D eigenvalue weighted by Gasteiger charge is 2.17. The van der Waals surface area contributed by atoms with Crippen LogP contribution in [0.2, 0.25) is 0 Å². The van der Waals surface area contributed by atoms with Crippen LogP contribution in [0.4, 0.5) is 4.39 Å². The molecule has 1 fully saturated rings. The summed E-state index contributed by atoms with van der Waals surface area (Å²) < 4.78 is 13.3. The Bertz CT molecular complexity index is 557. The van der Waals surface area contributed by atoms with Gasteiger partial charge in [-0.1, -0.05) is 13.3 Å². The average molecular weight is 260 g/mol. The van der Waals surface area contributed by atoms with E-state index in [9.17, 15) is 4.39 Å². The molecule has 1 saturated carbocycles. The van der Waals surface area contributed by atoms with E-state index in [2.05, 4.69) is 17.2 Å². The highest BCUT2D eigenvalue weighted by atomic mass is 19.1. The van der Waals surface area contributed by atoms with Crippen LogP contribution in [0.15, 0.2) is 24.4 Å². The van der Waals surface area contributed by atoms with E-state index in [1.165, 1.54) is 30.9 Å². The number of nitrogens with one attached hydrogen (secondary N) is 2. The van der Waals surface area contributed by atoms with Crippen LogP contribution in [-0.2, 0) is 0 Å². The lowest BCUT2D eigenvalue weighted by molar-refractivity contribution is 0.336. The average Bonchev–Trinajstić information content (AvgIpc) is 2.75. The standard InChI is InChI=1S/C16H21FN2/c1-11(7-8-18-13-3-2-4-13)15-10-19-16-6-5-12(17)9-14(15)16/h5-6,9-11,13,18-19H,2-4,7-8H2,1H3/t11-/m1/s1. The van der Waals surface area contributed by atoms with Crippen molar-refractivity contribution in [3.8, 4) is 0 Å². The summed E-state index contributed by atoms with van der Waals surface area (Å²) in [6.07, 6.45) is 7.15. The van der Waals surface area contributed by atoms with Crippen molar-refractivity contribution >= 4 is 10.9 Å². The first-order valence-electron chi connectivity index (χ1n) is 7.24.